The maximum Gasteiger partial charge on any atom is 0.320 e. The van der Waals surface area contributed by atoms with E-state index in [2.05, 4.69) is 16.4 Å². The molecule has 0 saturated heterocycles. The lowest BCUT2D eigenvalue weighted by molar-refractivity contribution is -0.159. The van der Waals surface area contributed by atoms with Gasteiger partial charge in [-0.05, 0) is 43.0 Å². The van der Waals surface area contributed by atoms with Crippen LogP contribution in [-0.4, -0.2) is 36.5 Å². The Morgan fingerprint density at radius 3 is 2.46 bits per heavy atom. The molecule has 2 heterocycles. The molecule has 0 saturated carbocycles. The molecule has 0 radical (unpaired) electrons. The fourth-order valence-electron chi connectivity index (χ4n) is 2.88. The highest BCUT2D eigenvalue weighted by molar-refractivity contribution is 6.30. The number of ketones is 1. The van der Waals surface area contributed by atoms with Gasteiger partial charge in [0.05, 0.1) is 26.2 Å². The van der Waals surface area contributed by atoms with E-state index in [9.17, 15) is 14.4 Å². The average Bonchev–Trinajstić information content (AvgIpc) is 3.32. The van der Waals surface area contributed by atoms with Crippen LogP contribution in [0.1, 0.15) is 48.0 Å². The van der Waals surface area contributed by atoms with E-state index in [4.69, 9.17) is 16.0 Å². The Hall–Kier alpha value is -2.54. The molecule has 0 atom stereocenters. The molecule has 28 heavy (non-hydrogen) atoms. The Bertz CT molecular complexity index is 822. The molecule has 8 heteroatoms. The van der Waals surface area contributed by atoms with Gasteiger partial charge in [-0.25, -0.2) is 0 Å². The predicted octanol–water partition coefficient (Wildman–Crippen LogP) is 3.66. The number of halogens is 1. The third-order valence-electron chi connectivity index (χ3n) is 4.47. The van der Waals surface area contributed by atoms with Gasteiger partial charge in [-0.2, -0.15) is 0 Å². The third kappa shape index (κ3) is 5.04. The van der Waals surface area contributed by atoms with Crippen LogP contribution in [0, 0.1) is 5.92 Å². The van der Waals surface area contributed by atoms with Gasteiger partial charge in [-0.3, -0.25) is 14.4 Å². The number of furan rings is 1. The van der Waals surface area contributed by atoms with E-state index in [-0.39, 0.29) is 24.5 Å². The van der Waals surface area contributed by atoms with Gasteiger partial charge in [0.2, 0.25) is 5.78 Å². The molecule has 0 amide bonds. The molecule has 0 fully saturated rings. The molecule has 0 spiro atoms. The molecule has 0 bridgehead atoms. The van der Waals surface area contributed by atoms with Gasteiger partial charge in [0.1, 0.15) is 5.15 Å². The van der Waals surface area contributed by atoms with Crippen molar-refractivity contribution in [2.24, 2.45) is 5.92 Å². The van der Waals surface area contributed by atoms with Crippen LogP contribution in [0.5, 0.6) is 0 Å². The number of aromatic nitrogens is 1. The van der Waals surface area contributed by atoms with Crippen molar-refractivity contribution < 1.29 is 28.3 Å². The van der Waals surface area contributed by atoms with Gasteiger partial charge in [-0.15, -0.1) is 0 Å². The first-order valence-corrected chi connectivity index (χ1v) is 9.43. The number of esters is 2. The Kier molecular flexibility index (Phi) is 7.87. The van der Waals surface area contributed by atoms with E-state index in [1.54, 1.807) is 24.5 Å². The summed E-state index contributed by atoms with van der Waals surface area (Å²) in [5.41, 5.74) is 1.28. The summed E-state index contributed by atoms with van der Waals surface area (Å²) in [6.07, 6.45) is 4.57. The van der Waals surface area contributed by atoms with Crippen molar-refractivity contribution in [1.82, 2.24) is 4.57 Å². The van der Waals surface area contributed by atoms with Gasteiger partial charge < -0.3 is 18.5 Å². The molecular formula is C20H24ClNO6. The number of nitrogens with zero attached hydrogens (tertiary/aromatic N) is 1. The molecule has 152 valence electrons. The Morgan fingerprint density at radius 1 is 1.18 bits per heavy atom. The van der Waals surface area contributed by atoms with Gasteiger partial charge >= 0.3 is 11.9 Å². The smallest absolute Gasteiger partial charge is 0.320 e. The SMILES string of the molecule is CCCCc1coc(C(=O)c2ccc(Cl)n2CCC(C(=O)OC)C(=O)OC)c1. The van der Waals surface area contributed by atoms with Crippen LogP contribution < -0.4 is 0 Å². The van der Waals surface area contributed by atoms with Gasteiger partial charge in [0, 0.05) is 6.54 Å². The highest BCUT2D eigenvalue weighted by Crippen LogP contribution is 2.22. The van der Waals surface area contributed by atoms with E-state index in [1.165, 1.54) is 18.8 Å². The summed E-state index contributed by atoms with van der Waals surface area (Å²) < 4.78 is 16.3. The van der Waals surface area contributed by atoms with Crippen LogP contribution in [0.15, 0.2) is 28.9 Å². The maximum absolute atomic E-state index is 12.8. The molecule has 0 aliphatic carbocycles. The standard InChI is InChI=1S/C20H24ClNO6/c1-4-5-6-13-11-16(28-12-13)18(23)15-7-8-17(21)22(15)10-9-14(19(24)26-2)20(25)27-3/h7-8,11-12,14H,4-6,9-10H2,1-3H3. The molecule has 2 aromatic rings. The van der Waals surface area contributed by atoms with Crippen molar-refractivity contribution in [2.75, 3.05) is 14.2 Å². The van der Waals surface area contributed by atoms with E-state index in [1.807, 2.05) is 0 Å². The number of unbranched alkanes of at least 4 members (excludes halogenated alkanes) is 1. The lowest BCUT2D eigenvalue weighted by atomic mass is 10.1. The van der Waals surface area contributed by atoms with Crippen molar-refractivity contribution in [1.29, 1.82) is 0 Å². The molecule has 2 aromatic heterocycles. The van der Waals surface area contributed by atoms with Crippen molar-refractivity contribution in [3.8, 4) is 0 Å². The number of hydrogen-bond acceptors (Lipinski definition) is 6. The van der Waals surface area contributed by atoms with Crippen LogP contribution in [-0.2, 0) is 32.0 Å². The highest BCUT2D eigenvalue weighted by atomic mass is 35.5. The molecule has 0 unspecified atom stereocenters. The van der Waals surface area contributed by atoms with Gasteiger partial charge in [0.15, 0.2) is 11.7 Å². The highest BCUT2D eigenvalue weighted by Gasteiger charge is 2.29. The second-order valence-corrected chi connectivity index (χ2v) is 6.72. The quantitative estimate of drug-likeness (QED) is 0.338. The van der Waals surface area contributed by atoms with Crippen LogP contribution in [0.4, 0.5) is 0 Å². The van der Waals surface area contributed by atoms with Gasteiger partial charge in [-0.1, -0.05) is 24.9 Å². The normalized spacial score (nSPS) is 10.9. The number of carbonyl (C=O) groups excluding carboxylic acids is 3. The lowest BCUT2D eigenvalue weighted by Crippen LogP contribution is -2.28. The molecule has 0 aliphatic rings. The zero-order valence-electron chi connectivity index (χ0n) is 16.2. The first-order valence-electron chi connectivity index (χ1n) is 9.05. The van der Waals surface area contributed by atoms with Crippen LogP contribution >= 0.6 is 11.6 Å². The minimum Gasteiger partial charge on any atom is -0.468 e. The summed E-state index contributed by atoms with van der Waals surface area (Å²) in [5, 5.41) is 0.314. The monoisotopic (exact) mass is 409 g/mol. The summed E-state index contributed by atoms with van der Waals surface area (Å²) in [4.78, 5) is 36.5. The summed E-state index contributed by atoms with van der Waals surface area (Å²) in [5.74, 6) is -2.59. The maximum atomic E-state index is 12.8. The molecule has 0 aliphatic heterocycles. The average molecular weight is 410 g/mol. The van der Waals surface area contributed by atoms with Crippen molar-refractivity contribution in [2.45, 2.75) is 39.2 Å². The number of aryl methyl sites for hydroxylation is 1. The third-order valence-corrected chi connectivity index (χ3v) is 4.80. The number of methoxy groups -OCH3 is 2. The van der Waals surface area contributed by atoms with E-state index in [0.29, 0.717) is 10.8 Å². The van der Waals surface area contributed by atoms with Crippen LogP contribution in [0.3, 0.4) is 0 Å². The number of rotatable bonds is 10. The number of carbonyl (C=O) groups is 3. The fraction of sp³-hybridized carbons (Fsp3) is 0.450. The Morgan fingerprint density at radius 2 is 1.86 bits per heavy atom. The number of hydrogen-bond donors (Lipinski definition) is 0. The minimum absolute atomic E-state index is 0.0773. The molecule has 0 aromatic carbocycles. The van der Waals surface area contributed by atoms with Crippen LogP contribution in [0.25, 0.3) is 0 Å². The molecule has 7 nitrogen and oxygen atoms in total. The van der Waals surface area contributed by atoms with Crippen molar-refractivity contribution >= 4 is 29.3 Å². The van der Waals surface area contributed by atoms with E-state index >= 15 is 0 Å². The van der Waals surface area contributed by atoms with Crippen molar-refractivity contribution in [3.63, 3.8) is 0 Å². The first-order chi connectivity index (χ1) is 13.4. The minimum atomic E-state index is -1.10. The lowest BCUT2D eigenvalue weighted by Gasteiger charge is -2.14. The van der Waals surface area contributed by atoms with Crippen LogP contribution in [0.2, 0.25) is 5.15 Å². The summed E-state index contributed by atoms with van der Waals surface area (Å²) in [7, 11) is 2.39. The van der Waals surface area contributed by atoms with Crippen molar-refractivity contribution in [3.05, 3.63) is 46.6 Å². The summed E-state index contributed by atoms with van der Waals surface area (Å²) in [6.45, 7) is 2.25. The predicted molar refractivity (Wildman–Crippen MR) is 102 cm³/mol. The Labute approximate surface area is 168 Å². The first kappa shape index (κ1) is 21.8. The Balaban J connectivity index is 2.18. The topological polar surface area (TPSA) is 87.7 Å². The summed E-state index contributed by atoms with van der Waals surface area (Å²) in [6, 6.07) is 4.90. The second-order valence-electron chi connectivity index (χ2n) is 6.33. The zero-order chi connectivity index (χ0) is 20.7. The zero-order valence-corrected chi connectivity index (χ0v) is 17.0. The second kappa shape index (κ2) is 10.1. The van der Waals surface area contributed by atoms with Gasteiger partial charge in [0.25, 0.3) is 0 Å². The molecule has 0 N–H and O–H groups in total. The van der Waals surface area contributed by atoms with E-state index in [0.717, 1.165) is 24.8 Å². The molecular weight excluding hydrogens is 386 g/mol. The largest absolute Gasteiger partial charge is 0.468 e. The number of ether oxygens (including phenoxy) is 2. The molecule has 2 rings (SSSR count). The van der Waals surface area contributed by atoms with E-state index < -0.39 is 17.9 Å². The summed E-state index contributed by atoms with van der Waals surface area (Å²) >= 11 is 6.21. The fourth-order valence-corrected chi connectivity index (χ4v) is 3.11.